The Labute approximate surface area is 204 Å². The maximum Gasteiger partial charge on any atom is 0.342 e. The third-order valence-corrected chi connectivity index (χ3v) is 5.95. The van der Waals surface area contributed by atoms with Gasteiger partial charge in [-0.05, 0) is 64.0 Å². The summed E-state index contributed by atoms with van der Waals surface area (Å²) >= 11 is 2.03. The van der Waals surface area contributed by atoms with Crippen molar-refractivity contribution in [3.63, 3.8) is 0 Å². The summed E-state index contributed by atoms with van der Waals surface area (Å²) in [6.45, 7) is -0.498. The van der Waals surface area contributed by atoms with E-state index in [0.717, 1.165) is 20.4 Å². The predicted molar refractivity (Wildman–Crippen MR) is 131 cm³/mol. The molecule has 7 nitrogen and oxygen atoms in total. The molecular weight excluding hydrogens is 535 g/mol. The van der Waals surface area contributed by atoms with Crippen LogP contribution in [0.25, 0.3) is 0 Å². The molecule has 168 valence electrons. The molecule has 1 atom stereocenters. The lowest BCUT2D eigenvalue weighted by Crippen LogP contribution is -2.31. The van der Waals surface area contributed by atoms with E-state index in [1.807, 2.05) is 77.2 Å². The first-order valence-electron chi connectivity index (χ1n) is 10.2. The number of hydrazone groups is 1. The molecule has 0 radical (unpaired) electrons. The van der Waals surface area contributed by atoms with Crippen LogP contribution in [-0.2, 0) is 9.53 Å². The monoisotopic (exact) mass is 556 g/mol. The zero-order valence-corrected chi connectivity index (χ0v) is 19.9. The van der Waals surface area contributed by atoms with Crippen LogP contribution in [0.3, 0.4) is 0 Å². The number of hydrogen-bond donors (Lipinski definition) is 1. The highest BCUT2D eigenvalue weighted by molar-refractivity contribution is 14.1. The molecule has 3 aromatic rings. The highest BCUT2D eigenvalue weighted by atomic mass is 127. The largest absolute Gasteiger partial charge is 0.507 e. The van der Waals surface area contributed by atoms with Gasteiger partial charge in [-0.3, -0.25) is 4.79 Å². The zero-order chi connectivity index (χ0) is 23.4. The Bertz CT molecular complexity index is 1200. The van der Waals surface area contributed by atoms with Crippen LogP contribution >= 0.6 is 22.6 Å². The predicted octanol–water partition coefficient (Wildman–Crippen LogP) is 4.54. The lowest BCUT2D eigenvalue weighted by atomic mass is 9.98. The number of ether oxygens (including phenoxy) is 2. The first-order valence-corrected chi connectivity index (χ1v) is 11.3. The number of benzene rings is 3. The van der Waals surface area contributed by atoms with Crippen molar-refractivity contribution in [2.45, 2.75) is 12.5 Å². The number of aromatic hydroxyl groups is 1. The molecule has 1 aliphatic heterocycles. The molecule has 1 unspecified atom stereocenters. The number of amides is 1. The quantitative estimate of drug-likeness (QED) is 0.356. The zero-order valence-electron chi connectivity index (χ0n) is 17.8. The van der Waals surface area contributed by atoms with Crippen LogP contribution in [0.5, 0.6) is 11.5 Å². The minimum Gasteiger partial charge on any atom is -0.507 e. The van der Waals surface area contributed by atoms with E-state index in [1.54, 1.807) is 13.2 Å². The minimum atomic E-state index is -0.771. The summed E-state index contributed by atoms with van der Waals surface area (Å²) in [6.07, 6.45) is 0.522. The smallest absolute Gasteiger partial charge is 0.342 e. The summed E-state index contributed by atoms with van der Waals surface area (Å²) in [5.41, 5.74) is 2.59. The van der Waals surface area contributed by atoms with E-state index in [-0.39, 0.29) is 17.4 Å². The first-order chi connectivity index (χ1) is 16.0. The Kier molecular flexibility index (Phi) is 6.93. The van der Waals surface area contributed by atoms with E-state index in [4.69, 9.17) is 9.47 Å². The number of hydrogen-bond acceptors (Lipinski definition) is 6. The second-order valence-electron chi connectivity index (χ2n) is 7.38. The number of phenols is 1. The average Bonchev–Trinajstić information content (AvgIpc) is 3.30. The molecule has 33 heavy (non-hydrogen) atoms. The second kappa shape index (κ2) is 10.0. The van der Waals surface area contributed by atoms with Crippen LogP contribution in [0.1, 0.15) is 33.9 Å². The molecule has 4 rings (SSSR count). The van der Waals surface area contributed by atoms with Crippen molar-refractivity contribution in [3.05, 3.63) is 93.1 Å². The molecule has 0 saturated heterocycles. The summed E-state index contributed by atoms with van der Waals surface area (Å²) in [6, 6.07) is 21.3. The average molecular weight is 556 g/mol. The van der Waals surface area contributed by atoms with Crippen LogP contribution in [0.15, 0.2) is 77.9 Å². The van der Waals surface area contributed by atoms with E-state index in [1.165, 1.54) is 17.1 Å². The Morgan fingerprint density at radius 1 is 1.09 bits per heavy atom. The SMILES string of the molecule is COc1ccc(C2CC(c3ccccc3)=NN2C(=O)COC(=O)c2cc(I)ccc2O)cc1. The summed E-state index contributed by atoms with van der Waals surface area (Å²) in [7, 11) is 1.59. The molecule has 8 heteroatoms. The molecule has 1 aliphatic rings. The fourth-order valence-electron chi connectivity index (χ4n) is 3.57. The molecule has 0 fully saturated rings. The lowest BCUT2D eigenvalue weighted by molar-refractivity contribution is -0.136. The van der Waals surface area contributed by atoms with Gasteiger partial charge in [-0.2, -0.15) is 5.10 Å². The standard InChI is InChI=1S/C25H21IN2O5/c1-32-19-10-7-17(8-11-19)22-14-21(16-5-3-2-4-6-16)27-28(22)24(30)15-33-25(31)20-13-18(26)9-12-23(20)29/h2-13,22,29H,14-15H2,1H3. The van der Waals surface area contributed by atoms with Gasteiger partial charge in [-0.25, -0.2) is 9.80 Å². The van der Waals surface area contributed by atoms with E-state index in [2.05, 4.69) is 5.10 Å². The number of rotatable bonds is 6. The molecule has 1 N–H and O–H groups in total. The van der Waals surface area contributed by atoms with Crippen molar-refractivity contribution in [3.8, 4) is 11.5 Å². The maximum absolute atomic E-state index is 13.1. The van der Waals surface area contributed by atoms with E-state index < -0.39 is 18.5 Å². The first kappa shape index (κ1) is 22.8. The Hall–Kier alpha value is -3.40. The molecule has 0 saturated carbocycles. The van der Waals surface area contributed by atoms with Crippen molar-refractivity contribution in [1.82, 2.24) is 5.01 Å². The second-order valence-corrected chi connectivity index (χ2v) is 8.63. The van der Waals surface area contributed by atoms with Crippen molar-refractivity contribution < 1.29 is 24.2 Å². The molecule has 1 amide bonds. The third-order valence-electron chi connectivity index (χ3n) is 5.28. The fraction of sp³-hybridized carbons (Fsp3) is 0.160. The number of carbonyl (C=O) groups is 2. The van der Waals surface area contributed by atoms with Crippen molar-refractivity contribution in [1.29, 1.82) is 0 Å². The van der Waals surface area contributed by atoms with Gasteiger partial charge in [-0.1, -0.05) is 42.5 Å². The van der Waals surface area contributed by atoms with Crippen LogP contribution in [0.2, 0.25) is 0 Å². The summed E-state index contributed by atoms with van der Waals surface area (Å²) < 4.78 is 11.2. The Morgan fingerprint density at radius 3 is 2.52 bits per heavy atom. The normalized spacial score (nSPS) is 15.2. The number of halogens is 1. The number of methoxy groups -OCH3 is 1. The maximum atomic E-state index is 13.1. The molecule has 1 heterocycles. The highest BCUT2D eigenvalue weighted by Gasteiger charge is 2.33. The van der Waals surface area contributed by atoms with Gasteiger partial charge in [0.1, 0.15) is 17.1 Å². The third kappa shape index (κ3) is 5.16. The van der Waals surface area contributed by atoms with E-state index >= 15 is 0 Å². The number of esters is 1. The van der Waals surface area contributed by atoms with Gasteiger partial charge in [0.05, 0.1) is 18.9 Å². The molecular formula is C25H21IN2O5. The van der Waals surface area contributed by atoms with Gasteiger partial charge in [0.2, 0.25) is 0 Å². The van der Waals surface area contributed by atoms with E-state index in [0.29, 0.717) is 12.2 Å². The van der Waals surface area contributed by atoms with Gasteiger partial charge < -0.3 is 14.6 Å². The molecule has 3 aromatic carbocycles. The van der Waals surface area contributed by atoms with Gasteiger partial charge in [0.25, 0.3) is 5.91 Å². The molecule has 0 spiro atoms. The topological polar surface area (TPSA) is 88.4 Å². The molecule has 0 aromatic heterocycles. The number of carbonyl (C=O) groups excluding carboxylic acids is 2. The summed E-state index contributed by atoms with van der Waals surface area (Å²) in [4.78, 5) is 25.5. The van der Waals surface area contributed by atoms with Crippen LogP contribution in [0.4, 0.5) is 0 Å². The number of nitrogens with zero attached hydrogens (tertiary/aromatic N) is 2. The van der Waals surface area contributed by atoms with Crippen LogP contribution < -0.4 is 4.74 Å². The van der Waals surface area contributed by atoms with Gasteiger partial charge in [-0.15, -0.1) is 0 Å². The van der Waals surface area contributed by atoms with Crippen molar-refractivity contribution in [2.24, 2.45) is 5.10 Å². The highest BCUT2D eigenvalue weighted by Crippen LogP contribution is 2.33. The lowest BCUT2D eigenvalue weighted by Gasteiger charge is -2.22. The number of phenolic OH excluding ortho intramolecular Hbond substituents is 1. The van der Waals surface area contributed by atoms with Crippen LogP contribution in [0, 0.1) is 3.57 Å². The van der Waals surface area contributed by atoms with Crippen molar-refractivity contribution in [2.75, 3.05) is 13.7 Å². The summed E-state index contributed by atoms with van der Waals surface area (Å²) in [5, 5.41) is 15.9. The Morgan fingerprint density at radius 2 is 1.82 bits per heavy atom. The minimum absolute atomic E-state index is 0.0105. The van der Waals surface area contributed by atoms with Gasteiger partial charge in [0, 0.05) is 9.99 Å². The van der Waals surface area contributed by atoms with Gasteiger partial charge >= 0.3 is 5.97 Å². The molecule has 0 bridgehead atoms. The van der Waals surface area contributed by atoms with Crippen molar-refractivity contribution >= 4 is 40.2 Å². The summed E-state index contributed by atoms with van der Waals surface area (Å²) in [5.74, 6) is -0.716. The van der Waals surface area contributed by atoms with Gasteiger partial charge in [0.15, 0.2) is 6.61 Å². The molecule has 0 aliphatic carbocycles. The Balaban J connectivity index is 1.55. The van der Waals surface area contributed by atoms with E-state index in [9.17, 15) is 14.7 Å². The van der Waals surface area contributed by atoms with Crippen LogP contribution in [-0.4, -0.2) is 41.4 Å². The fourth-order valence-corrected chi connectivity index (χ4v) is 4.07.